The molecule has 2 atom stereocenters. The molecule has 6 heteroatoms. The van der Waals surface area contributed by atoms with Gasteiger partial charge in [-0.05, 0) is 36.8 Å². The van der Waals surface area contributed by atoms with Crippen LogP contribution in [0.25, 0.3) is 0 Å². The van der Waals surface area contributed by atoms with Crippen molar-refractivity contribution in [2.75, 3.05) is 13.1 Å². The lowest BCUT2D eigenvalue weighted by Gasteiger charge is -2.42. The number of hydrogen-bond acceptors (Lipinski definition) is 3. The van der Waals surface area contributed by atoms with Gasteiger partial charge in [-0.3, -0.25) is 14.7 Å². The molecule has 25 heavy (non-hydrogen) atoms. The minimum Gasteiger partial charge on any atom is -0.336 e. The molecule has 2 unspecified atom stereocenters. The number of nitrogens with zero attached hydrogens (tertiary/aromatic N) is 3. The van der Waals surface area contributed by atoms with Gasteiger partial charge >= 0.3 is 0 Å². The number of nitrogens with one attached hydrogen (secondary N) is 1. The Morgan fingerprint density at radius 3 is 2.96 bits per heavy atom. The van der Waals surface area contributed by atoms with E-state index in [2.05, 4.69) is 24.0 Å². The summed E-state index contributed by atoms with van der Waals surface area (Å²) in [6.07, 6.45) is 1.94. The van der Waals surface area contributed by atoms with E-state index in [0.717, 1.165) is 24.2 Å². The number of aromatic nitrogens is 3. The Morgan fingerprint density at radius 1 is 1.32 bits per heavy atom. The van der Waals surface area contributed by atoms with Crippen LogP contribution in [0.3, 0.4) is 0 Å². The molecule has 0 spiro atoms. The Labute approximate surface area is 146 Å². The van der Waals surface area contributed by atoms with Crippen LogP contribution in [-0.2, 0) is 13.0 Å². The summed E-state index contributed by atoms with van der Waals surface area (Å²) in [5, 5.41) is 7.21. The van der Waals surface area contributed by atoms with E-state index in [4.69, 9.17) is 0 Å². The topological polar surface area (TPSA) is 71.0 Å². The van der Waals surface area contributed by atoms with Crippen molar-refractivity contribution < 1.29 is 4.79 Å². The Morgan fingerprint density at radius 2 is 2.16 bits per heavy atom. The number of rotatable bonds is 3. The highest BCUT2D eigenvalue weighted by Gasteiger charge is 2.36. The third-order valence-electron chi connectivity index (χ3n) is 5.25. The van der Waals surface area contributed by atoms with E-state index in [0.29, 0.717) is 37.2 Å². The molecule has 1 amide bonds. The van der Waals surface area contributed by atoms with E-state index in [1.54, 1.807) is 6.07 Å². The van der Waals surface area contributed by atoms with Gasteiger partial charge in [0, 0.05) is 43.0 Å². The lowest BCUT2D eigenvalue weighted by atomic mass is 9.83. The highest BCUT2D eigenvalue weighted by Crippen LogP contribution is 2.35. The Hall–Kier alpha value is -2.37. The van der Waals surface area contributed by atoms with E-state index >= 15 is 0 Å². The molecule has 2 aliphatic rings. The van der Waals surface area contributed by atoms with Gasteiger partial charge in [0.2, 0.25) is 0 Å². The zero-order valence-corrected chi connectivity index (χ0v) is 14.7. The number of H-pyrrole nitrogens is 1. The van der Waals surface area contributed by atoms with Crippen LogP contribution in [0.15, 0.2) is 29.1 Å². The molecule has 1 N–H and O–H groups in total. The number of likely N-dealkylation sites (tertiary alicyclic amines) is 1. The zero-order chi connectivity index (χ0) is 17.6. The second-order valence-electron chi connectivity index (χ2n) is 7.78. The monoisotopic (exact) mass is 340 g/mol. The van der Waals surface area contributed by atoms with Crippen molar-refractivity contribution in [3.63, 3.8) is 0 Å². The van der Waals surface area contributed by atoms with E-state index in [1.165, 1.54) is 0 Å². The summed E-state index contributed by atoms with van der Waals surface area (Å²) >= 11 is 0. The standard InChI is InChI=1S/C19H24N4O2/c1-12(2)6-15-8-16(21-20-15)19(25)22-9-13-7-14(11-22)17-4-3-5-18(24)23(17)10-13/h3-5,8,12-14H,6-7,9-11H2,1-2H3,(H,20,21). The summed E-state index contributed by atoms with van der Waals surface area (Å²) in [6, 6.07) is 7.34. The van der Waals surface area contributed by atoms with E-state index in [9.17, 15) is 9.59 Å². The fourth-order valence-electron chi connectivity index (χ4n) is 4.24. The maximum absolute atomic E-state index is 12.9. The summed E-state index contributed by atoms with van der Waals surface area (Å²) < 4.78 is 1.88. The molecule has 0 saturated carbocycles. The molecule has 132 valence electrons. The second-order valence-corrected chi connectivity index (χ2v) is 7.78. The molecular weight excluding hydrogens is 316 g/mol. The van der Waals surface area contributed by atoms with Gasteiger partial charge in [0.05, 0.1) is 0 Å². The zero-order valence-electron chi connectivity index (χ0n) is 14.7. The number of fused-ring (bicyclic) bond motifs is 4. The molecule has 2 bridgehead atoms. The van der Waals surface area contributed by atoms with E-state index in [1.807, 2.05) is 27.7 Å². The highest BCUT2D eigenvalue weighted by molar-refractivity contribution is 5.92. The molecular formula is C19H24N4O2. The van der Waals surface area contributed by atoms with Crippen LogP contribution in [0.5, 0.6) is 0 Å². The first-order valence-electron chi connectivity index (χ1n) is 9.04. The Balaban J connectivity index is 1.55. The fourth-order valence-corrected chi connectivity index (χ4v) is 4.24. The van der Waals surface area contributed by atoms with Crippen molar-refractivity contribution in [2.24, 2.45) is 11.8 Å². The Bertz CT molecular complexity index is 851. The molecule has 1 saturated heterocycles. The smallest absolute Gasteiger partial charge is 0.274 e. The third kappa shape index (κ3) is 3.01. The molecule has 0 aromatic carbocycles. The second kappa shape index (κ2) is 6.17. The summed E-state index contributed by atoms with van der Waals surface area (Å²) in [5.74, 6) is 1.09. The van der Waals surface area contributed by atoms with Gasteiger partial charge in [-0.1, -0.05) is 19.9 Å². The normalized spacial score (nSPS) is 22.1. The van der Waals surface area contributed by atoms with Crippen LogP contribution in [0, 0.1) is 11.8 Å². The average molecular weight is 340 g/mol. The lowest BCUT2D eigenvalue weighted by molar-refractivity contribution is 0.0588. The molecule has 4 heterocycles. The number of pyridine rings is 1. The molecule has 1 fully saturated rings. The summed E-state index contributed by atoms with van der Waals surface area (Å²) in [4.78, 5) is 26.9. The predicted octanol–water partition coefficient (Wildman–Crippen LogP) is 2.03. The van der Waals surface area contributed by atoms with Crippen molar-refractivity contribution in [2.45, 2.75) is 39.2 Å². The van der Waals surface area contributed by atoms with Gasteiger partial charge in [-0.2, -0.15) is 5.10 Å². The SMILES string of the molecule is CC(C)Cc1cc(C(=O)N2CC3CC(C2)c2cccc(=O)n2C3)n[nH]1. The van der Waals surface area contributed by atoms with Gasteiger partial charge in [0.1, 0.15) is 5.69 Å². The minimum atomic E-state index is -0.00677. The van der Waals surface area contributed by atoms with Crippen molar-refractivity contribution in [1.29, 1.82) is 0 Å². The van der Waals surface area contributed by atoms with Crippen LogP contribution < -0.4 is 5.56 Å². The number of aromatic amines is 1. The molecule has 2 aromatic heterocycles. The predicted molar refractivity (Wildman–Crippen MR) is 94.6 cm³/mol. The van der Waals surface area contributed by atoms with E-state index < -0.39 is 0 Å². The van der Waals surface area contributed by atoms with Crippen LogP contribution >= 0.6 is 0 Å². The van der Waals surface area contributed by atoms with Gasteiger partial charge in [0.15, 0.2) is 0 Å². The third-order valence-corrected chi connectivity index (χ3v) is 5.25. The van der Waals surface area contributed by atoms with Gasteiger partial charge in [-0.15, -0.1) is 0 Å². The Kier molecular flexibility index (Phi) is 3.98. The molecule has 2 aliphatic heterocycles. The number of carbonyl (C=O) groups excluding carboxylic acids is 1. The van der Waals surface area contributed by atoms with Crippen molar-refractivity contribution in [3.8, 4) is 0 Å². The lowest BCUT2D eigenvalue weighted by Crippen LogP contribution is -2.49. The average Bonchev–Trinajstić information content (AvgIpc) is 3.03. The first kappa shape index (κ1) is 16.1. The van der Waals surface area contributed by atoms with E-state index in [-0.39, 0.29) is 17.4 Å². The van der Waals surface area contributed by atoms with Crippen molar-refractivity contribution in [3.05, 3.63) is 51.7 Å². The number of amides is 1. The first-order chi connectivity index (χ1) is 12.0. The number of carbonyl (C=O) groups is 1. The molecule has 0 radical (unpaired) electrons. The highest BCUT2D eigenvalue weighted by atomic mass is 16.2. The molecule has 6 nitrogen and oxygen atoms in total. The van der Waals surface area contributed by atoms with Gasteiger partial charge < -0.3 is 9.47 Å². The fraction of sp³-hybridized carbons (Fsp3) is 0.526. The van der Waals surface area contributed by atoms with Crippen LogP contribution in [0.4, 0.5) is 0 Å². The van der Waals surface area contributed by atoms with Crippen LogP contribution in [0.2, 0.25) is 0 Å². The van der Waals surface area contributed by atoms with Crippen molar-refractivity contribution in [1.82, 2.24) is 19.7 Å². The van der Waals surface area contributed by atoms with Crippen LogP contribution in [-0.4, -0.2) is 38.7 Å². The summed E-state index contributed by atoms with van der Waals surface area (Å²) in [6.45, 7) is 6.35. The summed E-state index contributed by atoms with van der Waals surface area (Å²) in [7, 11) is 0. The first-order valence-corrected chi connectivity index (χ1v) is 9.04. The maximum atomic E-state index is 12.9. The minimum absolute atomic E-state index is 0.00677. The number of piperidine rings is 1. The largest absolute Gasteiger partial charge is 0.336 e. The quantitative estimate of drug-likeness (QED) is 0.929. The van der Waals surface area contributed by atoms with Crippen LogP contribution in [0.1, 0.15) is 48.1 Å². The maximum Gasteiger partial charge on any atom is 0.274 e. The molecule has 0 aliphatic carbocycles. The van der Waals surface area contributed by atoms with Gasteiger partial charge in [-0.25, -0.2) is 0 Å². The van der Waals surface area contributed by atoms with Crippen molar-refractivity contribution >= 4 is 5.91 Å². The molecule has 2 aromatic rings. The number of hydrogen-bond donors (Lipinski definition) is 1. The summed E-state index contributed by atoms with van der Waals surface area (Å²) in [5.41, 5.74) is 2.63. The molecule has 4 rings (SSSR count). The van der Waals surface area contributed by atoms with Gasteiger partial charge in [0.25, 0.3) is 11.5 Å².